The molecule has 1 fully saturated rings. The Morgan fingerprint density at radius 1 is 0.946 bits per heavy atom. The predicted molar refractivity (Wildman–Crippen MR) is 141 cm³/mol. The lowest BCUT2D eigenvalue weighted by atomic mass is 9.74. The zero-order valence-corrected chi connectivity index (χ0v) is 22.0. The highest BCUT2D eigenvalue weighted by Crippen LogP contribution is 2.42. The van der Waals surface area contributed by atoms with E-state index in [0.717, 1.165) is 44.2 Å². The molecule has 0 spiro atoms. The smallest absolute Gasteiger partial charge is 0.323 e. The molecule has 0 bridgehead atoms. The van der Waals surface area contributed by atoms with Gasteiger partial charge in [0.05, 0.1) is 32.0 Å². The van der Waals surface area contributed by atoms with Crippen LogP contribution >= 0.6 is 34.8 Å². The number of nitrogens with one attached hydrogen (secondary N) is 2. The lowest BCUT2D eigenvalue weighted by molar-refractivity contribution is -0.137. The molecular weight excluding hydrogens is 546 g/mol. The molecular formula is C27H25Cl3F3N3O. The van der Waals surface area contributed by atoms with Crippen molar-refractivity contribution < 1.29 is 18.0 Å². The molecule has 3 aromatic rings. The molecule has 10 heteroatoms. The van der Waals surface area contributed by atoms with Gasteiger partial charge in [0.15, 0.2) is 0 Å². The molecule has 196 valence electrons. The molecule has 2 amide bonds. The number of carbonyl (C=O) groups is 1. The summed E-state index contributed by atoms with van der Waals surface area (Å²) in [6.45, 7) is 0. The van der Waals surface area contributed by atoms with Crippen LogP contribution in [0, 0.1) is 5.92 Å². The van der Waals surface area contributed by atoms with Crippen LogP contribution in [0.5, 0.6) is 0 Å². The fraction of sp³-hybridized carbons (Fsp3) is 0.333. The van der Waals surface area contributed by atoms with E-state index in [1.165, 1.54) is 12.3 Å². The summed E-state index contributed by atoms with van der Waals surface area (Å²) < 4.78 is 41.2. The highest BCUT2D eigenvalue weighted by Gasteiger charge is 2.42. The minimum atomic E-state index is -4.56. The van der Waals surface area contributed by atoms with Crippen molar-refractivity contribution in [2.24, 2.45) is 5.92 Å². The number of pyridine rings is 1. The van der Waals surface area contributed by atoms with Crippen molar-refractivity contribution in [2.75, 3.05) is 5.32 Å². The second-order valence-corrected chi connectivity index (χ2v) is 10.5. The van der Waals surface area contributed by atoms with Gasteiger partial charge in [-0.2, -0.15) is 13.2 Å². The van der Waals surface area contributed by atoms with E-state index in [-0.39, 0.29) is 27.2 Å². The third-order valence-electron chi connectivity index (χ3n) is 6.69. The predicted octanol–water partition coefficient (Wildman–Crippen LogP) is 9.10. The minimum Gasteiger partial charge on any atom is -0.323 e. The van der Waals surface area contributed by atoms with E-state index >= 15 is 0 Å². The fourth-order valence-electron chi connectivity index (χ4n) is 4.92. The first-order chi connectivity index (χ1) is 17.6. The Labute approximate surface area is 228 Å². The van der Waals surface area contributed by atoms with Crippen molar-refractivity contribution in [1.29, 1.82) is 0 Å². The molecule has 1 saturated carbocycles. The van der Waals surface area contributed by atoms with Crippen LogP contribution < -0.4 is 10.6 Å². The van der Waals surface area contributed by atoms with Gasteiger partial charge in [-0.1, -0.05) is 85.1 Å². The van der Waals surface area contributed by atoms with Gasteiger partial charge in [-0.3, -0.25) is 4.98 Å². The van der Waals surface area contributed by atoms with Gasteiger partial charge in [-0.15, -0.1) is 0 Å². The van der Waals surface area contributed by atoms with Gasteiger partial charge in [-0.05, 0) is 54.3 Å². The quantitative estimate of drug-likeness (QED) is 0.310. The first-order valence-electron chi connectivity index (χ1n) is 11.9. The molecule has 2 aromatic carbocycles. The number of alkyl halides is 3. The van der Waals surface area contributed by atoms with Crippen LogP contribution in [0.1, 0.15) is 55.3 Å². The zero-order chi connectivity index (χ0) is 26.6. The number of nitrogens with zero attached hydrogens (tertiary/aromatic N) is 1. The summed E-state index contributed by atoms with van der Waals surface area (Å²) in [5.74, 6) is 0.163. The van der Waals surface area contributed by atoms with Gasteiger partial charge in [0, 0.05) is 6.20 Å². The third kappa shape index (κ3) is 6.51. The molecule has 1 atom stereocenters. The molecule has 1 aromatic heterocycles. The molecule has 4 rings (SSSR count). The zero-order valence-electron chi connectivity index (χ0n) is 19.7. The summed E-state index contributed by atoms with van der Waals surface area (Å²) in [7, 11) is 0. The van der Waals surface area contributed by atoms with E-state index in [4.69, 9.17) is 34.8 Å². The average molecular weight is 571 g/mol. The SMILES string of the molecule is O=C(Nc1cccc(Cl)c1Cl)NC(CC1CCCCC1)(c1cccc(C(F)(F)F)c1)c1ccc(Cl)cn1. The number of urea groups is 1. The van der Waals surface area contributed by atoms with Gasteiger partial charge in [0.25, 0.3) is 0 Å². The van der Waals surface area contributed by atoms with Crippen molar-refractivity contribution in [3.05, 3.63) is 92.7 Å². The van der Waals surface area contributed by atoms with E-state index in [1.807, 2.05) is 0 Å². The number of rotatable bonds is 6. The topological polar surface area (TPSA) is 54.0 Å². The number of anilines is 1. The Morgan fingerprint density at radius 2 is 1.65 bits per heavy atom. The molecule has 1 unspecified atom stereocenters. The number of carbonyl (C=O) groups excluding carboxylic acids is 1. The summed E-state index contributed by atoms with van der Waals surface area (Å²) in [5.41, 5.74) is -1.26. The Kier molecular flexibility index (Phi) is 8.56. The van der Waals surface area contributed by atoms with Crippen LogP contribution in [0.3, 0.4) is 0 Å². The van der Waals surface area contributed by atoms with Crippen molar-refractivity contribution in [3.63, 3.8) is 0 Å². The van der Waals surface area contributed by atoms with Crippen molar-refractivity contribution >= 4 is 46.5 Å². The number of hydrogen-bond acceptors (Lipinski definition) is 2. The fourth-order valence-corrected chi connectivity index (χ4v) is 5.38. The van der Waals surface area contributed by atoms with E-state index in [2.05, 4.69) is 15.6 Å². The van der Waals surface area contributed by atoms with Crippen LogP contribution in [0.25, 0.3) is 0 Å². The van der Waals surface area contributed by atoms with Crippen LogP contribution in [-0.4, -0.2) is 11.0 Å². The van der Waals surface area contributed by atoms with Crippen molar-refractivity contribution in [3.8, 4) is 0 Å². The van der Waals surface area contributed by atoms with Crippen LogP contribution in [0.15, 0.2) is 60.8 Å². The Morgan fingerprint density at radius 3 is 2.32 bits per heavy atom. The summed E-state index contributed by atoms with van der Waals surface area (Å²) in [6.07, 6.45) is 2.16. The number of aromatic nitrogens is 1. The van der Waals surface area contributed by atoms with E-state index < -0.39 is 23.3 Å². The first kappa shape index (κ1) is 27.6. The molecule has 0 aliphatic heterocycles. The average Bonchev–Trinajstić information content (AvgIpc) is 2.87. The first-order valence-corrected chi connectivity index (χ1v) is 13.0. The third-order valence-corrected chi connectivity index (χ3v) is 7.74. The summed E-state index contributed by atoms with van der Waals surface area (Å²) in [6, 6.07) is 12.4. The molecule has 1 aliphatic carbocycles. The van der Waals surface area contributed by atoms with Crippen molar-refractivity contribution in [2.45, 2.75) is 50.2 Å². The number of benzene rings is 2. The standard InChI is InChI=1S/C27H25Cl3F3N3O/c28-20-12-13-23(34-16-20)26(15-17-6-2-1-3-7-17,18-8-4-9-19(14-18)27(31,32)33)36-25(37)35-22-11-5-10-21(29)24(22)30/h4-5,8-14,16-17H,1-3,6-7,15H2,(H2,35,36,37). The Balaban J connectivity index is 1.83. The van der Waals surface area contributed by atoms with E-state index in [9.17, 15) is 18.0 Å². The van der Waals surface area contributed by atoms with Gasteiger partial charge in [-0.25, -0.2) is 4.79 Å². The Hall–Kier alpha value is -2.48. The number of amides is 2. The minimum absolute atomic E-state index is 0.154. The van der Waals surface area contributed by atoms with Gasteiger partial charge in [0.1, 0.15) is 5.54 Å². The lowest BCUT2D eigenvalue weighted by Crippen LogP contribution is -2.50. The summed E-state index contributed by atoms with van der Waals surface area (Å²) >= 11 is 18.4. The second kappa shape index (κ2) is 11.5. The molecule has 0 radical (unpaired) electrons. The second-order valence-electron chi connectivity index (χ2n) is 9.23. The maximum Gasteiger partial charge on any atom is 0.416 e. The van der Waals surface area contributed by atoms with Crippen LogP contribution in [0.4, 0.5) is 23.7 Å². The van der Waals surface area contributed by atoms with Crippen LogP contribution in [0.2, 0.25) is 15.1 Å². The largest absolute Gasteiger partial charge is 0.416 e. The lowest BCUT2D eigenvalue weighted by Gasteiger charge is -2.39. The highest BCUT2D eigenvalue weighted by molar-refractivity contribution is 6.44. The molecule has 4 nitrogen and oxygen atoms in total. The Bertz CT molecular complexity index is 1250. The molecule has 1 aliphatic rings. The maximum atomic E-state index is 13.7. The van der Waals surface area contributed by atoms with Gasteiger partial charge < -0.3 is 10.6 Å². The summed E-state index contributed by atoms with van der Waals surface area (Å²) in [4.78, 5) is 17.9. The van der Waals surface area contributed by atoms with E-state index in [1.54, 1.807) is 36.4 Å². The normalized spacial score (nSPS) is 16.2. The highest BCUT2D eigenvalue weighted by atomic mass is 35.5. The summed E-state index contributed by atoms with van der Waals surface area (Å²) in [5, 5.41) is 6.45. The van der Waals surface area contributed by atoms with Crippen molar-refractivity contribution in [1.82, 2.24) is 10.3 Å². The monoisotopic (exact) mass is 569 g/mol. The number of halogens is 6. The maximum absolute atomic E-state index is 13.7. The van der Waals surface area contributed by atoms with Gasteiger partial charge >= 0.3 is 12.2 Å². The molecule has 1 heterocycles. The molecule has 37 heavy (non-hydrogen) atoms. The molecule has 0 saturated heterocycles. The molecule has 2 N–H and O–H groups in total. The van der Waals surface area contributed by atoms with Gasteiger partial charge in [0.2, 0.25) is 0 Å². The number of hydrogen-bond donors (Lipinski definition) is 2. The van der Waals surface area contributed by atoms with E-state index in [0.29, 0.717) is 17.1 Å². The van der Waals surface area contributed by atoms with Crippen LogP contribution in [-0.2, 0) is 11.7 Å².